The molecule has 142 valence electrons. The lowest BCUT2D eigenvalue weighted by atomic mass is 10.1. The number of benzene rings is 1. The van der Waals surface area contributed by atoms with E-state index in [2.05, 4.69) is 20.7 Å². The first-order valence-electron chi connectivity index (χ1n) is 7.79. The molecule has 0 fully saturated rings. The molecule has 0 spiro atoms. The molecule has 0 bridgehead atoms. The molecule has 0 aliphatic carbocycles. The predicted octanol–water partition coefficient (Wildman–Crippen LogP) is 1.72. The molecule has 0 N–H and O–H groups in total. The topological polar surface area (TPSA) is 114 Å². The van der Waals surface area contributed by atoms with Gasteiger partial charge in [0.2, 0.25) is 5.16 Å². The summed E-state index contributed by atoms with van der Waals surface area (Å²) in [6, 6.07) is 7.08. The zero-order valence-electron chi connectivity index (χ0n) is 14.9. The van der Waals surface area contributed by atoms with Crippen LogP contribution in [-0.4, -0.2) is 51.3 Å². The lowest BCUT2D eigenvalue weighted by Crippen LogP contribution is -2.08. The number of tetrazole rings is 1. The van der Waals surface area contributed by atoms with Crippen molar-refractivity contribution in [1.29, 1.82) is 0 Å². The molecule has 2 aromatic heterocycles. The summed E-state index contributed by atoms with van der Waals surface area (Å²) in [5, 5.41) is 15.4. The molecule has 0 aliphatic heterocycles. The number of nitrogens with zero attached hydrogens (tertiary/aromatic N) is 5. The molecule has 0 atom stereocenters. The van der Waals surface area contributed by atoms with Gasteiger partial charge in [0.15, 0.2) is 17.3 Å². The zero-order valence-corrected chi connectivity index (χ0v) is 15.7. The van der Waals surface area contributed by atoms with Crippen molar-refractivity contribution in [2.75, 3.05) is 20.0 Å². The highest BCUT2D eigenvalue weighted by atomic mass is 32.2. The van der Waals surface area contributed by atoms with Crippen molar-refractivity contribution >= 4 is 17.7 Å². The van der Waals surface area contributed by atoms with Crippen LogP contribution in [0.4, 0.5) is 0 Å². The lowest BCUT2D eigenvalue weighted by Gasteiger charge is -2.07. The smallest absolute Gasteiger partial charge is 0.316 e. The number of hydrogen-bond acceptors (Lipinski definition) is 10. The summed E-state index contributed by atoms with van der Waals surface area (Å²) < 4.78 is 22.5. The van der Waals surface area contributed by atoms with Gasteiger partial charge in [0.1, 0.15) is 12.3 Å². The van der Waals surface area contributed by atoms with Gasteiger partial charge in [0, 0.05) is 18.7 Å². The Morgan fingerprint density at radius 1 is 1.22 bits per heavy atom. The van der Waals surface area contributed by atoms with Gasteiger partial charge in [-0.05, 0) is 28.6 Å². The maximum Gasteiger partial charge on any atom is 0.316 e. The summed E-state index contributed by atoms with van der Waals surface area (Å²) in [7, 11) is 4.82. The average molecular weight is 391 g/mol. The highest BCUT2D eigenvalue weighted by molar-refractivity contribution is 7.99. The van der Waals surface area contributed by atoms with Gasteiger partial charge < -0.3 is 18.7 Å². The molecule has 0 saturated heterocycles. The Hall–Kier alpha value is -3.08. The third kappa shape index (κ3) is 4.56. The second kappa shape index (κ2) is 8.54. The van der Waals surface area contributed by atoms with Crippen molar-refractivity contribution in [2.24, 2.45) is 7.05 Å². The molecule has 0 radical (unpaired) electrons. The monoisotopic (exact) mass is 391 g/mol. The van der Waals surface area contributed by atoms with Crippen LogP contribution in [0, 0.1) is 0 Å². The maximum atomic E-state index is 11.8. The Morgan fingerprint density at radius 2 is 2.04 bits per heavy atom. The molecule has 11 heteroatoms. The van der Waals surface area contributed by atoms with Crippen LogP contribution >= 0.6 is 11.8 Å². The third-order valence-electron chi connectivity index (χ3n) is 3.51. The van der Waals surface area contributed by atoms with Gasteiger partial charge in [-0.15, -0.1) is 5.10 Å². The second-order valence-electron chi connectivity index (χ2n) is 5.29. The molecule has 10 nitrogen and oxygen atoms in total. The van der Waals surface area contributed by atoms with Crippen LogP contribution in [-0.2, 0) is 23.2 Å². The van der Waals surface area contributed by atoms with Crippen LogP contribution < -0.4 is 9.47 Å². The van der Waals surface area contributed by atoms with E-state index in [0.29, 0.717) is 28.1 Å². The van der Waals surface area contributed by atoms with E-state index in [1.807, 2.05) is 6.07 Å². The van der Waals surface area contributed by atoms with Gasteiger partial charge >= 0.3 is 5.97 Å². The normalized spacial score (nSPS) is 10.6. The fourth-order valence-corrected chi connectivity index (χ4v) is 2.82. The Labute approximate surface area is 158 Å². The summed E-state index contributed by atoms with van der Waals surface area (Å²) in [4.78, 5) is 11.8. The Bertz CT molecular complexity index is 926. The van der Waals surface area contributed by atoms with Crippen LogP contribution in [0.1, 0.15) is 5.69 Å². The number of ether oxygens (including phenoxy) is 3. The minimum absolute atomic E-state index is 0.00719. The number of hydrogen-bond donors (Lipinski definition) is 0. The quantitative estimate of drug-likeness (QED) is 0.415. The van der Waals surface area contributed by atoms with Gasteiger partial charge in [0.25, 0.3) is 0 Å². The molecule has 2 heterocycles. The molecule has 1 aromatic carbocycles. The first-order chi connectivity index (χ1) is 13.1. The number of carbonyl (C=O) groups excluding carboxylic acids is 1. The largest absolute Gasteiger partial charge is 0.493 e. The van der Waals surface area contributed by atoms with E-state index >= 15 is 0 Å². The Balaban J connectivity index is 1.56. The van der Waals surface area contributed by atoms with Gasteiger partial charge in [0.05, 0.1) is 20.0 Å². The molecule has 0 unspecified atom stereocenters. The number of rotatable bonds is 8. The highest BCUT2D eigenvalue weighted by Gasteiger charge is 2.13. The number of aromatic nitrogens is 5. The van der Waals surface area contributed by atoms with Crippen molar-refractivity contribution in [3.63, 3.8) is 0 Å². The van der Waals surface area contributed by atoms with Gasteiger partial charge in [-0.3, -0.25) is 4.79 Å². The number of carbonyl (C=O) groups is 1. The molecule has 0 amide bonds. The van der Waals surface area contributed by atoms with E-state index in [1.54, 1.807) is 39.5 Å². The first kappa shape index (κ1) is 18.7. The highest BCUT2D eigenvalue weighted by Crippen LogP contribution is 2.32. The Kier molecular flexibility index (Phi) is 5.91. The number of thioether (sulfide) groups is 1. The van der Waals surface area contributed by atoms with Crippen molar-refractivity contribution in [3.8, 4) is 22.8 Å². The van der Waals surface area contributed by atoms with Crippen LogP contribution in [0.2, 0.25) is 0 Å². The number of esters is 1. The van der Waals surface area contributed by atoms with Gasteiger partial charge in [-0.25, -0.2) is 4.68 Å². The third-order valence-corrected chi connectivity index (χ3v) is 4.49. The molecule has 3 aromatic rings. The summed E-state index contributed by atoms with van der Waals surface area (Å²) in [5.74, 6) is 1.41. The average Bonchev–Trinajstić information content (AvgIpc) is 3.33. The molecule has 3 rings (SSSR count). The second-order valence-corrected chi connectivity index (χ2v) is 6.23. The van der Waals surface area contributed by atoms with Gasteiger partial charge in [-0.2, -0.15) is 0 Å². The molecule has 0 saturated carbocycles. The fraction of sp³-hybridized carbons (Fsp3) is 0.312. The van der Waals surface area contributed by atoms with Crippen molar-refractivity contribution in [3.05, 3.63) is 30.0 Å². The van der Waals surface area contributed by atoms with Crippen molar-refractivity contribution < 1.29 is 23.5 Å². The lowest BCUT2D eigenvalue weighted by molar-refractivity contribution is -0.141. The Morgan fingerprint density at radius 3 is 2.74 bits per heavy atom. The standard InChI is InChI=1S/C16H17N5O5S/c1-21-16(17-19-20-21)27-9-15(22)25-8-11-7-13(26-18-11)10-4-5-12(23-2)14(6-10)24-3/h4-7H,8-9H2,1-3H3. The van der Waals surface area contributed by atoms with E-state index in [4.69, 9.17) is 18.7 Å². The van der Waals surface area contributed by atoms with Crippen LogP contribution in [0.5, 0.6) is 11.5 Å². The number of methoxy groups -OCH3 is 2. The number of aryl methyl sites for hydroxylation is 1. The van der Waals surface area contributed by atoms with E-state index in [9.17, 15) is 4.79 Å². The van der Waals surface area contributed by atoms with Crippen LogP contribution in [0.15, 0.2) is 33.9 Å². The first-order valence-corrected chi connectivity index (χ1v) is 8.78. The van der Waals surface area contributed by atoms with Crippen molar-refractivity contribution in [1.82, 2.24) is 25.4 Å². The van der Waals surface area contributed by atoms with E-state index in [0.717, 1.165) is 5.56 Å². The molecule has 27 heavy (non-hydrogen) atoms. The van der Waals surface area contributed by atoms with E-state index < -0.39 is 5.97 Å². The molecular weight excluding hydrogens is 374 g/mol. The summed E-state index contributed by atoms with van der Waals surface area (Å²) in [6.45, 7) is 0.00719. The molecular formula is C16H17N5O5S. The molecule has 0 aliphatic rings. The summed E-state index contributed by atoms with van der Waals surface area (Å²) in [5.41, 5.74) is 1.27. The minimum Gasteiger partial charge on any atom is -0.493 e. The van der Waals surface area contributed by atoms with E-state index in [1.165, 1.54) is 16.4 Å². The summed E-state index contributed by atoms with van der Waals surface area (Å²) in [6.07, 6.45) is 0. The van der Waals surface area contributed by atoms with Crippen molar-refractivity contribution in [2.45, 2.75) is 11.8 Å². The predicted molar refractivity (Wildman–Crippen MR) is 94.4 cm³/mol. The van der Waals surface area contributed by atoms with Crippen LogP contribution in [0.25, 0.3) is 11.3 Å². The maximum absolute atomic E-state index is 11.8. The van der Waals surface area contributed by atoms with Crippen LogP contribution in [0.3, 0.4) is 0 Å². The zero-order chi connectivity index (χ0) is 19.2. The SMILES string of the molecule is COc1ccc(-c2cc(COC(=O)CSc3nnnn3C)no2)cc1OC. The fourth-order valence-electron chi connectivity index (χ4n) is 2.17. The van der Waals surface area contributed by atoms with E-state index in [-0.39, 0.29) is 12.4 Å². The minimum atomic E-state index is -0.404. The summed E-state index contributed by atoms with van der Waals surface area (Å²) >= 11 is 1.19. The van der Waals surface area contributed by atoms with Gasteiger partial charge in [-0.1, -0.05) is 16.9 Å².